The van der Waals surface area contributed by atoms with Crippen LogP contribution in [0.3, 0.4) is 0 Å². The molecule has 19 heavy (non-hydrogen) atoms. The van der Waals surface area contributed by atoms with Crippen LogP contribution in [0.5, 0.6) is 0 Å². The van der Waals surface area contributed by atoms with E-state index in [1.807, 2.05) is 12.3 Å². The molecule has 3 rings (SSSR count). The topological polar surface area (TPSA) is 24.9 Å². The fourth-order valence-corrected chi connectivity index (χ4v) is 2.93. The van der Waals surface area contributed by atoms with Crippen LogP contribution in [0.15, 0.2) is 42.6 Å². The average Bonchev–Trinajstić information content (AvgIpc) is 2.89. The van der Waals surface area contributed by atoms with E-state index in [2.05, 4.69) is 47.6 Å². The number of aromatic nitrogens is 1. The number of benzene rings is 1. The van der Waals surface area contributed by atoms with Gasteiger partial charge in [-0.1, -0.05) is 37.3 Å². The van der Waals surface area contributed by atoms with E-state index < -0.39 is 0 Å². The zero-order chi connectivity index (χ0) is 13.1. The van der Waals surface area contributed by atoms with Gasteiger partial charge in [0.2, 0.25) is 0 Å². The molecular formula is C17H20N2. The summed E-state index contributed by atoms with van der Waals surface area (Å²) in [5, 5.41) is 3.39. The Labute approximate surface area is 114 Å². The zero-order valence-electron chi connectivity index (χ0n) is 11.4. The molecule has 2 heteroatoms. The number of pyridine rings is 1. The second-order valence-electron chi connectivity index (χ2n) is 5.16. The molecule has 1 aliphatic rings. The summed E-state index contributed by atoms with van der Waals surface area (Å²) in [4.78, 5) is 4.59. The minimum Gasteiger partial charge on any atom is -0.313 e. The van der Waals surface area contributed by atoms with E-state index in [1.54, 1.807) is 0 Å². The van der Waals surface area contributed by atoms with Gasteiger partial charge in [-0.05, 0) is 42.1 Å². The van der Waals surface area contributed by atoms with Crippen molar-refractivity contribution < 1.29 is 0 Å². The first-order valence-electron chi connectivity index (χ1n) is 7.12. The summed E-state index contributed by atoms with van der Waals surface area (Å²) in [6, 6.07) is 13.2. The van der Waals surface area contributed by atoms with Crippen molar-refractivity contribution >= 4 is 0 Å². The average molecular weight is 252 g/mol. The second kappa shape index (κ2) is 5.54. The lowest BCUT2D eigenvalue weighted by Crippen LogP contribution is -2.12. The fourth-order valence-electron chi connectivity index (χ4n) is 2.93. The maximum atomic E-state index is 4.59. The van der Waals surface area contributed by atoms with Crippen LogP contribution in [0.1, 0.15) is 41.6 Å². The minimum absolute atomic E-state index is 0.484. The van der Waals surface area contributed by atoms with Crippen LogP contribution in [0.25, 0.3) is 0 Å². The molecule has 0 fully saturated rings. The van der Waals surface area contributed by atoms with Crippen molar-refractivity contribution in [2.24, 2.45) is 0 Å². The van der Waals surface area contributed by atoms with Crippen molar-refractivity contribution in [2.45, 2.75) is 32.2 Å². The van der Waals surface area contributed by atoms with Gasteiger partial charge in [-0.25, -0.2) is 0 Å². The quantitative estimate of drug-likeness (QED) is 0.903. The highest BCUT2D eigenvalue weighted by Crippen LogP contribution is 2.36. The van der Waals surface area contributed by atoms with Crippen molar-refractivity contribution in [1.82, 2.24) is 10.3 Å². The third kappa shape index (κ3) is 2.54. The maximum Gasteiger partial charge on any atom is 0.0510 e. The SMILES string of the molecule is CCNCc1cccc(C2CCc3cccnc32)c1. The van der Waals surface area contributed by atoms with Crippen LogP contribution in [0.2, 0.25) is 0 Å². The molecule has 1 atom stereocenters. The Balaban J connectivity index is 1.87. The molecule has 1 heterocycles. The Bertz CT molecular complexity index is 563. The normalized spacial score (nSPS) is 17.4. The number of fused-ring (bicyclic) bond motifs is 1. The number of hydrogen-bond acceptors (Lipinski definition) is 2. The maximum absolute atomic E-state index is 4.59. The van der Waals surface area contributed by atoms with Crippen molar-refractivity contribution in [1.29, 1.82) is 0 Å². The highest BCUT2D eigenvalue weighted by Gasteiger charge is 2.24. The first-order chi connectivity index (χ1) is 9.38. The number of aryl methyl sites for hydroxylation is 1. The Morgan fingerprint density at radius 1 is 1.26 bits per heavy atom. The van der Waals surface area contributed by atoms with Crippen LogP contribution < -0.4 is 5.32 Å². The van der Waals surface area contributed by atoms with Gasteiger partial charge < -0.3 is 5.32 Å². The summed E-state index contributed by atoms with van der Waals surface area (Å²) >= 11 is 0. The lowest BCUT2D eigenvalue weighted by molar-refractivity contribution is 0.721. The van der Waals surface area contributed by atoms with Gasteiger partial charge in [0.15, 0.2) is 0 Å². The smallest absolute Gasteiger partial charge is 0.0510 e. The molecule has 0 spiro atoms. The largest absolute Gasteiger partial charge is 0.313 e. The predicted octanol–water partition coefficient (Wildman–Crippen LogP) is 3.27. The van der Waals surface area contributed by atoms with Gasteiger partial charge in [0, 0.05) is 18.7 Å². The van der Waals surface area contributed by atoms with Crippen LogP contribution in [0, 0.1) is 0 Å². The first-order valence-corrected chi connectivity index (χ1v) is 7.12. The fraction of sp³-hybridized carbons (Fsp3) is 0.353. The van der Waals surface area contributed by atoms with E-state index >= 15 is 0 Å². The van der Waals surface area contributed by atoms with Crippen LogP contribution in [-0.4, -0.2) is 11.5 Å². The van der Waals surface area contributed by atoms with Crippen molar-refractivity contribution in [2.75, 3.05) is 6.54 Å². The van der Waals surface area contributed by atoms with Crippen molar-refractivity contribution in [3.8, 4) is 0 Å². The molecule has 0 radical (unpaired) electrons. The van der Waals surface area contributed by atoms with Crippen molar-refractivity contribution in [3.63, 3.8) is 0 Å². The molecule has 0 bridgehead atoms. The number of nitrogens with one attached hydrogen (secondary N) is 1. The summed E-state index contributed by atoms with van der Waals surface area (Å²) in [6.45, 7) is 4.10. The van der Waals surface area contributed by atoms with E-state index in [4.69, 9.17) is 0 Å². The molecule has 1 aromatic heterocycles. The lowest BCUT2D eigenvalue weighted by atomic mass is 9.95. The summed E-state index contributed by atoms with van der Waals surface area (Å²) in [7, 11) is 0. The second-order valence-corrected chi connectivity index (χ2v) is 5.16. The standard InChI is InChI=1S/C17H20N2/c1-2-18-12-13-5-3-6-15(11-13)16-9-8-14-7-4-10-19-17(14)16/h3-7,10-11,16,18H,2,8-9,12H2,1H3. The summed E-state index contributed by atoms with van der Waals surface area (Å²) in [5.41, 5.74) is 5.48. The van der Waals surface area contributed by atoms with E-state index in [0.717, 1.165) is 19.5 Å². The molecule has 0 aliphatic heterocycles. The third-order valence-electron chi connectivity index (χ3n) is 3.89. The van der Waals surface area contributed by atoms with E-state index in [9.17, 15) is 0 Å². The Morgan fingerprint density at radius 3 is 3.11 bits per heavy atom. The van der Waals surface area contributed by atoms with Gasteiger partial charge >= 0.3 is 0 Å². The molecular weight excluding hydrogens is 232 g/mol. The van der Waals surface area contributed by atoms with E-state index in [0.29, 0.717) is 5.92 Å². The van der Waals surface area contributed by atoms with E-state index in [1.165, 1.54) is 28.8 Å². The molecule has 0 saturated carbocycles. The minimum atomic E-state index is 0.484. The zero-order valence-corrected chi connectivity index (χ0v) is 11.4. The van der Waals surface area contributed by atoms with Gasteiger partial charge in [0.1, 0.15) is 0 Å². The molecule has 0 saturated heterocycles. The molecule has 2 nitrogen and oxygen atoms in total. The van der Waals surface area contributed by atoms with Gasteiger partial charge in [-0.15, -0.1) is 0 Å². The third-order valence-corrected chi connectivity index (χ3v) is 3.89. The van der Waals surface area contributed by atoms with Gasteiger partial charge in [-0.3, -0.25) is 4.98 Å². The summed E-state index contributed by atoms with van der Waals surface area (Å²) in [6.07, 6.45) is 4.27. The highest BCUT2D eigenvalue weighted by atomic mass is 14.8. The summed E-state index contributed by atoms with van der Waals surface area (Å²) in [5.74, 6) is 0.484. The highest BCUT2D eigenvalue weighted by molar-refractivity contribution is 5.39. The van der Waals surface area contributed by atoms with Gasteiger partial charge in [-0.2, -0.15) is 0 Å². The molecule has 1 aromatic carbocycles. The summed E-state index contributed by atoms with van der Waals surface area (Å²) < 4.78 is 0. The molecule has 1 N–H and O–H groups in total. The molecule has 1 aliphatic carbocycles. The Hall–Kier alpha value is -1.67. The monoisotopic (exact) mass is 252 g/mol. The molecule has 98 valence electrons. The molecule has 1 unspecified atom stereocenters. The predicted molar refractivity (Wildman–Crippen MR) is 78.2 cm³/mol. The van der Waals surface area contributed by atoms with Gasteiger partial charge in [0.25, 0.3) is 0 Å². The number of rotatable bonds is 4. The molecule has 2 aromatic rings. The van der Waals surface area contributed by atoms with Crippen molar-refractivity contribution in [3.05, 3.63) is 65.0 Å². The van der Waals surface area contributed by atoms with Gasteiger partial charge in [0.05, 0.1) is 5.69 Å². The number of hydrogen-bond donors (Lipinski definition) is 1. The number of nitrogens with zero attached hydrogens (tertiary/aromatic N) is 1. The lowest BCUT2D eigenvalue weighted by Gasteiger charge is -2.12. The molecule has 0 amide bonds. The van der Waals surface area contributed by atoms with E-state index in [-0.39, 0.29) is 0 Å². The Kier molecular flexibility index (Phi) is 3.60. The first kappa shape index (κ1) is 12.4. The van der Waals surface area contributed by atoms with Crippen LogP contribution >= 0.6 is 0 Å². The Morgan fingerprint density at radius 2 is 2.21 bits per heavy atom. The van der Waals surface area contributed by atoms with Crippen LogP contribution in [0.4, 0.5) is 0 Å². The van der Waals surface area contributed by atoms with Crippen LogP contribution in [-0.2, 0) is 13.0 Å².